The van der Waals surface area contributed by atoms with Crippen LogP contribution in [0.3, 0.4) is 0 Å². The van der Waals surface area contributed by atoms with Gasteiger partial charge in [-0.3, -0.25) is 9.59 Å². The SMILES string of the molecule is CCOC(=O)Oc1ccccc1C(=O)C1(OC(=O)N(C)C)C=CC=CC1C(=O)OOC(=O)C1C=CC=CC1(OC(=O)N(C)C)C(=O)c1ccccc1OC(=O)OCC. The van der Waals surface area contributed by atoms with Crippen molar-refractivity contribution in [1.29, 1.82) is 0 Å². The number of hydrogen-bond donors (Lipinski definition) is 0. The van der Waals surface area contributed by atoms with Gasteiger partial charge in [0.15, 0.2) is 0 Å². The van der Waals surface area contributed by atoms with Crippen molar-refractivity contribution in [1.82, 2.24) is 9.80 Å². The Hall–Kier alpha value is -7.24. The van der Waals surface area contributed by atoms with Gasteiger partial charge in [-0.2, -0.15) is 0 Å². The van der Waals surface area contributed by atoms with E-state index < -0.39 is 71.0 Å². The van der Waals surface area contributed by atoms with Gasteiger partial charge in [0.25, 0.3) is 0 Å². The minimum Gasteiger partial charge on any atom is -0.434 e. The van der Waals surface area contributed by atoms with E-state index in [0.717, 1.165) is 34.1 Å². The number of nitrogens with zero attached hydrogens (tertiary/aromatic N) is 2. The van der Waals surface area contributed by atoms with Crippen molar-refractivity contribution in [3.63, 3.8) is 0 Å². The van der Waals surface area contributed by atoms with Crippen molar-refractivity contribution >= 4 is 48.0 Å². The molecule has 0 spiro atoms. The second-order valence-electron chi connectivity index (χ2n) is 12.6. The summed E-state index contributed by atoms with van der Waals surface area (Å²) < 4.78 is 31.4. The number of carbonyl (C=O) groups excluding carboxylic acids is 8. The van der Waals surface area contributed by atoms with E-state index in [-0.39, 0.29) is 35.8 Å². The molecule has 4 rings (SSSR count). The molecule has 0 radical (unpaired) electrons. The summed E-state index contributed by atoms with van der Waals surface area (Å²) >= 11 is 0. The summed E-state index contributed by atoms with van der Waals surface area (Å²) in [5.41, 5.74) is -5.67. The number of hydrogen-bond acceptors (Lipinski definition) is 16. The molecule has 58 heavy (non-hydrogen) atoms. The number of amides is 2. The maximum atomic E-state index is 14.4. The maximum absolute atomic E-state index is 14.4. The molecule has 0 aromatic heterocycles. The molecule has 2 aliphatic rings. The van der Waals surface area contributed by atoms with Crippen molar-refractivity contribution in [2.75, 3.05) is 41.4 Å². The standard InChI is InChI=1S/C40H40N2O16/c1-7-51-37(49)53-29-21-11-9-17-25(29)31(43)39(55-35(47)41(3)4)23-15-13-19-27(39)33(45)57-58-34(46)28-20-14-16-24-40(28,56-36(48)42(5)6)32(44)26-18-10-12-22-30(26)54-38(50)52-8-2/h9-24,27-28H,7-8H2,1-6H3. The lowest BCUT2D eigenvalue weighted by atomic mass is 9.77. The molecule has 18 nitrogen and oxygen atoms in total. The molecule has 2 aromatic rings. The lowest BCUT2D eigenvalue weighted by Crippen LogP contribution is -2.54. The molecule has 0 fully saturated rings. The van der Waals surface area contributed by atoms with Crippen molar-refractivity contribution in [2.24, 2.45) is 11.8 Å². The molecule has 0 saturated heterocycles. The highest BCUT2D eigenvalue weighted by atomic mass is 17.2. The lowest BCUT2D eigenvalue weighted by molar-refractivity contribution is -0.267. The van der Waals surface area contributed by atoms with E-state index in [4.69, 9.17) is 38.2 Å². The molecule has 306 valence electrons. The molecule has 2 amide bonds. The van der Waals surface area contributed by atoms with Crippen LogP contribution in [0.2, 0.25) is 0 Å². The first-order chi connectivity index (χ1) is 27.6. The molecule has 4 unspecified atom stereocenters. The smallest absolute Gasteiger partial charge is 0.434 e. The molecule has 4 atom stereocenters. The molecule has 0 heterocycles. The summed E-state index contributed by atoms with van der Waals surface area (Å²) in [5.74, 6) is -9.28. The minimum absolute atomic E-state index is 0.0447. The first-order valence-corrected chi connectivity index (χ1v) is 17.5. The van der Waals surface area contributed by atoms with Crippen LogP contribution in [0.5, 0.6) is 11.5 Å². The van der Waals surface area contributed by atoms with Crippen LogP contribution in [0.15, 0.2) is 97.1 Å². The van der Waals surface area contributed by atoms with Crippen LogP contribution in [0.25, 0.3) is 0 Å². The third-order valence-electron chi connectivity index (χ3n) is 8.28. The van der Waals surface area contributed by atoms with Gasteiger partial charge in [0.1, 0.15) is 23.3 Å². The van der Waals surface area contributed by atoms with Crippen LogP contribution in [0.1, 0.15) is 34.6 Å². The number of para-hydroxylation sites is 2. The number of ketones is 2. The van der Waals surface area contributed by atoms with Crippen LogP contribution in [0.4, 0.5) is 19.2 Å². The zero-order chi connectivity index (χ0) is 42.6. The van der Waals surface area contributed by atoms with E-state index in [2.05, 4.69) is 0 Å². The summed E-state index contributed by atoms with van der Waals surface area (Å²) in [5, 5.41) is 0. The molecule has 0 N–H and O–H groups in total. The van der Waals surface area contributed by atoms with Crippen molar-refractivity contribution in [3.05, 3.63) is 108 Å². The molecule has 18 heteroatoms. The predicted molar refractivity (Wildman–Crippen MR) is 198 cm³/mol. The Morgan fingerprint density at radius 1 is 0.552 bits per heavy atom. The van der Waals surface area contributed by atoms with Gasteiger partial charge < -0.3 is 38.2 Å². The number of benzene rings is 2. The average Bonchev–Trinajstić information content (AvgIpc) is 3.20. The van der Waals surface area contributed by atoms with Gasteiger partial charge in [-0.25, -0.2) is 38.5 Å². The Balaban J connectivity index is 1.71. The highest BCUT2D eigenvalue weighted by Gasteiger charge is 2.56. The third-order valence-corrected chi connectivity index (χ3v) is 8.28. The fourth-order valence-electron chi connectivity index (χ4n) is 5.51. The normalized spacial score (nSPS) is 20.1. The second-order valence-corrected chi connectivity index (χ2v) is 12.6. The van der Waals surface area contributed by atoms with Crippen molar-refractivity contribution in [3.8, 4) is 11.5 Å². The maximum Gasteiger partial charge on any atom is 0.513 e. The quantitative estimate of drug-likeness (QED) is 0.0674. The number of rotatable bonds is 12. The highest BCUT2D eigenvalue weighted by Crippen LogP contribution is 2.39. The van der Waals surface area contributed by atoms with Gasteiger partial charge >= 0.3 is 36.4 Å². The van der Waals surface area contributed by atoms with E-state index in [9.17, 15) is 38.4 Å². The fourth-order valence-corrected chi connectivity index (χ4v) is 5.51. The molecule has 2 aromatic carbocycles. The van der Waals surface area contributed by atoms with E-state index in [0.29, 0.717) is 0 Å². The monoisotopic (exact) mass is 804 g/mol. The van der Waals surface area contributed by atoms with E-state index in [1.54, 1.807) is 0 Å². The molecule has 2 aliphatic carbocycles. The van der Waals surface area contributed by atoms with Crippen LogP contribution in [-0.2, 0) is 38.3 Å². The first kappa shape index (κ1) is 43.5. The second kappa shape index (κ2) is 19.1. The number of Topliss-reactive ketones (excluding diaryl/α,β-unsaturated/α-hetero) is 2. The van der Waals surface area contributed by atoms with Gasteiger partial charge in [-0.15, -0.1) is 0 Å². The Labute approximate surface area is 332 Å². The average molecular weight is 805 g/mol. The summed E-state index contributed by atoms with van der Waals surface area (Å²) in [4.78, 5) is 119. The summed E-state index contributed by atoms with van der Waals surface area (Å²) in [6, 6.07) is 10.8. The van der Waals surface area contributed by atoms with E-state index in [1.807, 2.05) is 0 Å². The molecule has 0 aliphatic heterocycles. The summed E-state index contributed by atoms with van der Waals surface area (Å²) in [7, 11) is 5.28. The topological polar surface area (TPSA) is 217 Å². The number of carbonyl (C=O) groups is 8. The van der Waals surface area contributed by atoms with Gasteiger partial charge in [0, 0.05) is 28.2 Å². The summed E-state index contributed by atoms with van der Waals surface area (Å²) in [6.45, 7) is 2.98. The van der Waals surface area contributed by atoms with Crippen LogP contribution < -0.4 is 9.47 Å². The van der Waals surface area contributed by atoms with Crippen molar-refractivity contribution in [2.45, 2.75) is 25.0 Å². The van der Waals surface area contributed by atoms with Gasteiger partial charge in [-0.05, 0) is 50.3 Å². The van der Waals surface area contributed by atoms with Crippen LogP contribution in [-0.4, -0.2) is 110 Å². The molecular weight excluding hydrogens is 764 g/mol. The molecular formula is C40H40N2O16. The predicted octanol–water partition coefficient (Wildman–Crippen LogP) is 5.18. The molecule has 0 saturated carbocycles. The Bertz CT molecular complexity index is 1920. The zero-order valence-corrected chi connectivity index (χ0v) is 32.2. The van der Waals surface area contributed by atoms with Crippen LogP contribution >= 0.6 is 0 Å². The Kier molecular flexibility index (Phi) is 14.3. The van der Waals surface area contributed by atoms with Gasteiger partial charge in [0.2, 0.25) is 22.8 Å². The summed E-state index contributed by atoms with van der Waals surface area (Å²) in [6.07, 6.45) is 5.32. The van der Waals surface area contributed by atoms with E-state index >= 15 is 0 Å². The first-order valence-electron chi connectivity index (χ1n) is 17.5. The zero-order valence-electron chi connectivity index (χ0n) is 32.2. The fraction of sp³-hybridized carbons (Fsp3) is 0.300. The van der Waals surface area contributed by atoms with Gasteiger partial charge in [-0.1, -0.05) is 60.7 Å². The Morgan fingerprint density at radius 3 is 1.26 bits per heavy atom. The van der Waals surface area contributed by atoms with Crippen molar-refractivity contribution < 1.29 is 76.6 Å². The van der Waals surface area contributed by atoms with Gasteiger partial charge in [0.05, 0.1) is 24.3 Å². The number of ether oxygens (including phenoxy) is 6. The highest BCUT2D eigenvalue weighted by molar-refractivity contribution is 6.11. The van der Waals surface area contributed by atoms with Crippen LogP contribution in [0, 0.1) is 11.8 Å². The van der Waals surface area contributed by atoms with E-state index in [1.165, 1.54) is 115 Å². The number of allylic oxidation sites excluding steroid dienone is 4. The Morgan fingerprint density at radius 2 is 0.914 bits per heavy atom. The third kappa shape index (κ3) is 9.58. The minimum atomic E-state index is -2.52. The lowest BCUT2D eigenvalue weighted by Gasteiger charge is -2.36. The largest absolute Gasteiger partial charge is 0.513 e. The molecule has 0 bridgehead atoms.